The van der Waals surface area contributed by atoms with Gasteiger partial charge in [0.05, 0.1) is 0 Å². The van der Waals surface area contributed by atoms with E-state index in [1.54, 1.807) is 0 Å². The van der Waals surface area contributed by atoms with Crippen LogP contribution in [-0.4, -0.2) is 11.1 Å². The van der Waals surface area contributed by atoms with E-state index in [-0.39, 0.29) is 5.41 Å². The minimum atomic E-state index is -0.857. The molecule has 1 N–H and O–H groups in total. The van der Waals surface area contributed by atoms with Gasteiger partial charge in [0.1, 0.15) is 0 Å². The lowest BCUT2D eigenvalue weighted by molar-refractivity contribution is -0.131. The molecule has 0 rings (SSSR count). The van der Waals surface area contributed by atoms with Crippen molar-refractivity contribution < 1.29 is 9.90 Å². The maximum absolute atomic E-state index is 10.3. The van der Waals surface area contributed by atoms with Crippen LogP contribution in [0.5, 0.6) is 0 Å². The molecule has 0 aromatic rings. The number of carboxylic acid groups (broad SMARTS) is 1. The van der Waals surface area contributed by atoms with Crippen molar-refractivity contribution in [2.75, 3.05) is 0 Å². The van der Waals surface area contributed by atoms with Gasteiger partial charge in [-0.25, -0.2) is 4.79 Å². The molecule has 0 aromatic heterocycles. The summed E-state index contributed by atoms with van der Waals surface area (Å²) in [5, 5.41) is 8.47. The van der Waals surface area contributed by atoms with E-state index < -0.39 is 5.97 Å². The van der Waals surface area contributed by atoms with Crippen molar-refractivity contribution in [3.8, 4) is 0 Å². The summed E-state index contributed by atoms with van der Waals surface area (Å²) in [5.41, 5.74) is 0.936. The van der Waals surface area contributed by atoms with Gasteiger partial charge in [0.2, 0.25) is 0 Å². The lowest BCUT2D eigenvalue weighted by Gasteiger charge is -2.23. The molecule has 0 heterocycles. The molecule has 0 fully saturated rings. The summed E-state index contributed by atoms with van der Waals surface area (Å²) in [6, 6.07) is 0. The van der Waals surface area contributed by atoms with Crippen molar-refractivity contribution in [1.82, 2.24) is 0 Å². The Morgan fingerprint density at radius 1 is 1.55 bits per heavy atom. The highest BCUT2D eigenvalue weighted by Gasteiger charge is 2.17. The third kappa shape index (κ3) is 3.21. The zero-order valence-corrected chi connectivity index (χ0v) is 7.64. The average Bonchev–Trinajstić information content (AvgIpc) is 1.86. The molecular formula is C9H16O2. The van der Waals surface area contributed by atoms with Crippen molar-refractivity contribution in [2.45, 2.75) is 34.1 Å². The molecule has 0 aliphatic rings. The predicted molar refractivity (Wildman–Crippen MR) is 45.5 cm³/mol. The van der Waals surface area contributed by atoms with Crippen LogP contribution in [0.3, 0.4) is 0 Å². The molecule has 0 aliphatic heterocycles. The highest BCUT2D eigenvalue weighted by molar-refractivity contribution is 5.80. The summed E-state index contributed by atoms with van der Waals surface area (Å²) in [4.78, 5) is 10.3. The molecule has 64 valence electrons. The maximum Gasteiger partial charge on any atom is 0.328 e. The number of carbonyl (C=O) groups is 1. The number of rotatable bonds is 3. The van der Waals surface area contributed by atoms with Gasteiger partial charge in [-0.3, -0.25) is 0 Å². The van der Waals surface area contributed by atoms with Gasteiger partial charge in [-0.05, 0) is 18.8 Å². The standard InChI is InChI=1S/C9H16O2/c1-5-9(3,4)7(2)6-8(10)11/h6H,5H2,1-4H3,(H,10,11). The van der Waals surface area contributed by atoms with E-state index in [1.165, 1.54) is 6.08 Å². The maximum atomic E-state index is 10.3. The first-order valence-corrected chi connectivity index (χ1v) is 3.82. The molecule has 0 spiro atoms. The number of hydrogen-bond acceptors (Lipinski definition) is 1. The van der Waals surface area contributed by atoms with E-state index in [0.29, 0.717) is 0 Å². The van der Waals surface area contributed by atoms with Crippen molar-refractivity contribution in [1.29, 1.82) is 0 Å². The monoisotopic (exact) mass is 156 g/mol. The first kappa shape index (κ1) is 10.2. The average molecular weight is 156 g/mol. The fourth-order valence-corrected chi connectivity index (χ4v) is 0.659. The van der Waals surface area contributed by atoms with Crippen molar-refractivity contribution in [3.05, 3.63) is 11.6 Å². The minimum Gasteiger partial charge on any atom is -0.478 e. The fraction of sp³-hybridized carbons (Fsp3) is 0.667. The minimum absolute atomic E-state index is 0.0123. The van der Waals surface area contributed by atoms with Gasteiger partial charge >= 0.3 is 5.97 Å². The smallest absolute Gasteiger partial charge is 0.328 e. The van der Waals surface area contributed by atoms with Gasteiger partial charge in [-0.1, -0.05) is 26.3 Å². The highest BCUT2D eigenvalue weighted by atomic mass is 16.4. The highest BCUT2D eigenvalue weighted by Crippen LogP contribution is 2.28. The van der Waals surface area contributed by atoms with Crippen LogP contribution in [0, 0.1) is 5.41 Å². The van der Waals surface area contributed by atoms with Crippen LogP contribution in [0.25, 0.3) is 0 Å². The second kappa shape index (κ2) is 3.56. The van der Waals surface area contributed by atoms with Gasteiger partial charge in [-0.15, -0.1) is 0 Å². The third-order valence-electron chi connectivity index (χ3n) is 2.29. The Bertz CT molecular complexity index is 178. The summed E-state index contributed by atoms with van der Waals surface area (Å²) in [6.07, 6.45) is 2.24. The summed E-state index contributed by atoms with van der Waals surface area (Å²) < 4.78 is 0. The van der Waals surface area contributed by atoms with Gasteiger partial charge in [0, 0.05) is 6.08 Å². The van der Waals surface area contributed by atoms with E-state index in [9.17, 15) is 4.79 Å². The molecule has 0 amide bonds. The first-order chi connectivity index (χ1) is 4.90. The van der Waals surface area contributed by atoms with E-state index in [1.807, 2.05) is 20.8 Å². The van der Waals surface area contributed by atoms with Crippen LogP contribution in [-0.2, 0) is 4.79 Å². The Morgan fingerprint density at radius 3 is 2.27 bits per heavy atom. The number of allylic oxidation sites excluding steroid dienone is 1. The van der Waals surface area contributed by atoms with E-state index >= 15 is 0 Å². The van der Waals surface area contributed by atoms with Gasteiger partial charge in [0.25, 0.3) is 0 Å². The summed E-state index contributed by atoms with van der Waals surface area (Å²) in [5.74, 6) is -0.857. The molecule has 0 saturated carbocycles. The topological polar surface area (TPSA) is 37.3 Å². The summed E-state index contributed by atoms with van der Waals surface area (Å²) in [7, 11) is 0. The van der Waals surface area contributed by atoms with E-state index in [0.717, 1.165) is 12.0 Å². The van der Waals surface area contributed by atoms with Crippen LogP contribution in [0.4, 0.5) is 0 Å². The molecule has 0 radical (unpaired) electrons. The second-order valence-electron chi connectivity index (χ2n) is 3.40. The molecular weight excluding hydrogens is 140 g/mol. The number of hydrogen-bond donors (Lipinski definition) is 1. The van der Waals surface area contributed by atoms with E-state index in [2.05, 4.69) is 6.92 Å². The largest absolute Gasteiger partial charge is 0.478 e. The fourth-order valence-electron chi connectivity index (χ4n) is 0.659. The molecule has 0 unspecified atom stereocenters. The quantitative estimate of drug-likeness (QED) is 0.637. The first-order valence-electron chi connectivity index (χ1n) is 3.82. The Morgan fingerprint density at radius 2 is 2.00 bits per heavy atom. The van der Waals surface area contributed by atoms with Gasteiger partial charge in [0.15, 0.2) is 0 Å². The molecule has 0 aromatic carbocycles. The number of aliphatic carboxylic acids is 1. The molecule has 2 heteroatoms. The van der Waals surface area contributed by atoms with Crippen molar-refractivity contribution in [3.63, 3.8) is 0 Å². The SMILES string of the molecule is CCC(C)(C)C(C)=CC(=O)O. The molecule has 0 atom stereocenters. The van der Waals surface area contributed by atoms with Crippen LogP contribution >= 0.6 is 0 Å². The Hall–Kier alpha value is -0.790. The molecule has 11 heavy (non-hydrogen) atoms. The van der Waals surface area contributed by atoms with E-state index in [4.69, 9.17) is 5.11 Å². The summed E-state index contributed by atoms with van der Waals surface area (Å²) in [6.45, 7) is 8.00. The summed E-state index contributed by atoms with van der Waals surface area (Å²) >= 11 is 0. The van der Waals surface area contributed by atoms with Crippen LogP contribution < -0.4 is 0 Å². The van der Waals surface area contributed by atoms with Crippen LogP contribution in [0.15, 0.2) is 11.6 Å². The van der Waals surface area contributed by atoms with Gasteiger partial charge < -0.3 is 5.11 Å². The lowest BCUT2D eigenvalue weighted by Crippen LogP contribution is -2.12. The zero-order valence-electron chi connectivity index (χ0n) is 7.64. The molecule has 2 nitrogen and oxygen atoms in total. The van der Waals surface area contributed by atoms with Crippen molar-refractivity contribution in [2.24, 2.45) is 5.41 Å². The third-order valence-corrected chi connectivity index (χ3v) is 2.29. The Kier molecular flexibility index (Phi) is 3.30. The second-order valence-corrected chi connectivity index (χ2v) is 3.40. The number of carboxylic acids is 1. The van der Waals surface area contributed by atoms with Crippen molar-refractivity contribution >= 4 is 5.97 Å². The predicted octanol–water partition coefficient (Wildman–Crippen LogP) is 2.45. The molecule has 0 saturated heterocycles. The Labute approximate surface area is 67.9 Å². The zero-order chi connectivity index (χ0) is 9.07. The van der Waals surface area contributed by atoms with Crippen LogP contribution in [0.2, 0.25) is 0 Å². The van der Waals surface area contributed by atoms with Crippen LogP contribution in [0.1, 0.15) is 34.1 Å². The normalized spacial score (nSPS) is 13.3. The molecule has 0 aliphatic carbocycles. The Balaban J connectivity index is 4.46. The molecule has 0 bridgehead atoms. The van der Waals surface area contributed by atoms with Gasteiger partial charge in [-0.2, -0.15) is 0 Å². The lowest BCUT2D eigenvalue weighted by atomic mass is 9.82.